The lowest BCUT2D eigenvalue weighted by Gasteiger charge is -2.37. The van der Waals surface area contributed by atoms with Gasteiger partial charge < -0.3 is 9.73 Å². The summed E-state index contributed by atoms with van der Waals surface area (Å²) in [7, 11) is 0. The third kappa shape index (κ3) is 4.59. The van der Waals surface area contributed by atoms with Gasteiger partial charge in [-0.05, 0) is 78.0 Å². The summed E-state index contributed by atoms with van der Waals surface area (Å²) < 4.78 is 6.96. The van der Waals surface area contributed by atoms with E-state index in [1.807, 2.05) is 12.3 Å². The highest BCUT2D eigenvalue weighted by Crippen LogP contribution is 2.45. The molecule has 3 atom stereocenters. The summed E-state index contributed by atoms with van der Waals surface area (Å²) in [5.41, 5.74) is 0. The molecule has 0 aromatic carbocycles. The number of hydrogen-bond donors (Lipinski definition) is 1. The van der Waals surface area contributed by atoms with Crippen LogP contribution in [0.3, 0.4) is 0 Å². The quantitative estimate of drug-likeness (QED) is 0.734. The van der Waals surface area contributed by atoms with Crippen molar-refractivity contribution in [3.05, 3.63) is 22.6 Å². The lowest BCUT2D eigenvalue weighted by atomic mass is 9.69. The first kappa shape index (κ1) is 17.1. The molecule has 3 unspecified atom stereocenters. The molecule has 1 aromatic heterocycles. The molecule has 21 heavy (non-hydrogen) atoms. The highest BCUT2D eigenvalue weighted by atomic mass is 79.9. The van der Waals surface area contributed by atoms with E-state index in [0.717, 1.165) is 35.2 Å². The first-order valence-corrected chi connectivity index (χ1v) is 9.22. The molecule has 120 valence electrons. The SMILES string of the molecule is CC(C)CNCC1CCC(C(C)C)CC1c1occc1Br. The average Bonchev–Trinajstić information content (AvgIpc) is 2.84. The van der Waals surface area contributed by atoms with Gasteiger partial charge in [0, 0.05) is 5.92 Å². The van der Waals surface area contributed by atoms with Crippen LogP contribution in [0.4, 0.5) is 0 Å². The predicted octanol–water partition coefficient (Wildman–Crippen LogP) is 5.44. The minimum Gasteiger partial charge on any atom is -0.468 e. The standard InChI is InChI=1S/C18H30BrNO/c1-12(2)10-20-11-15-6-5-14(13(3)4)9-16(15)18-17(19)7-8-21-18/h7-8,12-16,20H,5-6,9-11H2,1-4H3. The number of rotatable bonds is 6. The molecule has 0 aliphatic heterocycles. The minimum atomic E-state index is 0.551. The van der Waals surface area contributed by atoms with Crippen molar-refractivity contribution in [2.45, 2.75) is 52.9 Å². The summed E-state index contributed by atoms with van der Waals surface area (Å²) >= 11 is 3.66. The lowest BCUT2D eigenvalue weighted by Crippen LogP contribution is -2.34. The molecule has 1 saturated carbocycles. The molecule has 0 saturated heterocycles. The summed E-state index contributed by atoms with van der Waals surface area (Å²) in [5.74, 6) is 4.72. The summed E-state index contributed by atoms with van der Waals surface area (Å²) in [6.45, 7) is 11.5. The van der Waals surface area contributed by atoms with Gasteiger partial charge in [0.15, 0.2) is 0 Å². The topological polar surface area (TPSA) is 25.2 Å². The molecule has 1 fully saturated rings. The van der Waals surface area contributed by atoms with Crippen molar-refractivity contribution >= 4 is 15.9 Å². The molecule has 3 heteroatoms. The second kappa shape index (κ2) is 7.82. The highest BCUT2D eigenvalue weighted by molar-refractivity contribution is 9.10. The van der Waals surface area contributed by atoms with E-state index >= 15 is 0 Å². The zero-order valence-corrected chi connectivity index (χ0v) is 15.4. The fraction of sp³-hybridized carbons (Fsp3) is 0.778. The Balaban J connectivity index is 2.05. The number of halogens is 1. The van der Waals surface area contributed by atoms with Crippen LogP contribution in [0.5, 0.6) is 0 Å². The van der Waals surface area contributed by atoms with Crippen molar-refractivity contribution in [3.8, 4) is 0 Å². The molecule has 1 N–H and O–H groups in total. The number of nitrogens with one attached hydrogen (secondary N) is 1. The van der Waals surface area contributed by atoms with Crippen LogP contribution in [-0.4, -0.2) is 13.1 Å². The Morgan fingerprint density at radius 3 is 2.62 bits per heavy atom. The van der Waals surface area contributed by atoms with Gasteiger partial charge >= 0.3 is 0 Å². The van der Waals surface area contributed by atoms with E-state index in [0.29, 0.717) is 17.8 Å². The monoisotopic (exact) mass is 355 g/mol. The van der Waals surface area contributed by atoms with Crippen LogP contribution in [0.1, 0.15) is 58.6 Å². The molecular formula is C18H30BrNO. The number of hydrogen-bond acceptors (Lipinski definition) is 2. The van der Waals surface area contributed by atoms with Gasteiger partial charge in [-0.3, -0.25) is 0 Å². The fourth-order valence-corrected chi connectivity index (χ4v) is 4.06. The Hall–Kier alpha value is -0.280. The Morgan fingerprint density at radius 2 is 2.05 bits per heavy atom. The normalized spacial score (nSPS) is 26.7. The van der Waals surface area contributed by atoms with E-state index < -0.39 is 0 Å². The maximum absolute atomic E-state index is 5.81. The molecule has 1 heterocycles. The Morgan fingerprint density at radius 1 is 1.29 bits per heavy atom. The van der Waals surface area contributed by atoms with Gasteiger partial charge in [-0.2, -0.15) is 0 Å². The fourth-order valence-electron chi connectivity index (χ4n) is 3.56. The van der Waals surface area contributed by atoms with Crippen molar-refractivity contribution < 1.29 is 4.42 Å². The summed E-state index contributed by atoms with van der Waals surface area (Å²) in [6, 6.07) is 2.03. The van der Waals surface area contributed by atoms with Crippen LogP contribution in [0.2, 0.25) is 0 Å². The highest BCUT2D eigenvalue weighted by Gasteiger charge is 2.35. The van der Waals surface area contributed by atoms with E-state index in [-0.39, 0.29) is 0 Å². The van der Waals surface area contributed by atoms with Gasteiger partial charge in [0.05, 0.1) is 10.7 Å². The van der Waals surface area contributed by atoms with Crippen molar-refractivity contribution in [3.63, 3.8) is 0 Å². The predicted molar refractivity (Wildman–Crippen MR) is 92.5 cm³/mol. The first-order chi connectivity index (χ1) is 9.99. The van der Waals surface area contributed by atoms with Crippen molar-refractivity contribution in [1.82, 2.24) is 5.32 Å². The third-order valence-electron chi connectivity index (χ3n) is 4.92. The van der Waals surface area contributed by atoms with Crippen LogP contribution in [0, 0.1) is 23.7 Å². The average molecular weight is 356 g/mol. The van der Waals surface area contributed by atoms with Gasteiger partial charge in [0.1, 0.15) is 5.76 Å². The van der Waals surface area contributed by atoms with E-state index in [9.17, 15) is 0 Å². The molecule has 1 aromatic rings. The third-order valence-corrected chi connectivity index (χ3v) is 5.57. The first-order valence-electron chi connectivity index (χ1n) is 8.42. The Bertz CT molecular complexity index is 425. The number of furan rings is 1. The molecule has 2 rings (SSSR count). The van der Waals surface area contributed by atoms with Gasteiger partial charge in [-0.25, -0.2) is 0 Å². The maximum Gasteiger partial charge on any atom is 0.121 e. The summed E-state index contributed by atoms with van der Waals surface area (Å²) in [5, 5.41) is 3.65. The molecular weight excluding hydrogens is 326 g/mol. The summed E-state index contributed by atoms with van der Waals surface area (Å²) in [6.07, 6.45) is 5.75. The smallest absolute Gasteiger partial charge is 0.121 e. The van der Waals surface area contributed by atoms with Crippen molar-refractivity contribution in [2.24, 2.45) is 23.7 Å². The molecule has 0 spiro atoms. The van der Waals surface area contributed by atoms with E-state index in [1.54, 1.807) is 0 Å². The minimum absolute atomic E-state index is 0.551. The zero-order valence-electron chi connectivity index (χ0n) is 13.9. The van der Waals surface area contributed by atoms with Crippen LogP contribution in [0.15, 0.2) is 21.2 Å². The van der Waals surface area contributed by atoms with Gasteiger partial charge in [0.25, 0.3) is 0 Å². The second-order valence-corrected chi connectivity index (χ2v) is 8.22. The van der Waals surface area contributed by atoms with E-state index in [1.165, 1.54) is 19.3 Å². The van der Waals surface area contributed by atoms with Gasteiger partial charge in [-0.15, -0.1) is 0 Å². The van der Waals surface area contributed by atoms with Crippen LogP contribution < -0.4 is 5.32 Å². The van der Waals surface area contributed by atoms with Crippen LogP contribution in [-0.2, 0) is 0 Å². The molecule has 0 amide bonds. The van der Waals surface area contributed by atoms with Crippen molar-refractivity contribution in [1.29, 1.82) is 0 Å². The zero-order chi connectivity index (χ0) is 15.4. The van der Waals surface area contributed by atoms with E-state index in [2.05, 4.69) is 48.9 Å². The molecule has 0 radical (unpaired) electrons. The Labute approximate surface area is 138 Å². The Kier molecular flexibility index (Phi) is 6.36. The van der Waals surface area contributed by atoms with Gasteiger partial charge in [0.2, 0.25) is 0 Å². The van der Waals surface area contributed by atoms with E-state index in [4.69, 9.17) is 4.42 Å². The van der Waals surface area contributed by atoms with Gasteiger partial charge in [-0.1, -0.05) is 27.7 Å². The van der Waals surface area contributed by atoms with Crippen molar-refractivity contribution in [2.75, 3.05) is 13.1 Å². The lowest BCUT2D eigenvalue weighted by molar-refractivity contribution is 0.174. The van der Waals surface area contributed by atoms with Crippen LogP contribution in [0.25, 0.3) is 0 Å². The maximum atomic E-state index is 5.81. The molecule has 1 aliphatic carbocycles. The summed E-state index contributed by atoms with van der Waals surface area (Å²) in [4.78, 5) is 0. The van der Waals surface area contributed by atoms with Crippen LogP contribution >= 0.6 is 15.9 Å². The second-order valence-electron chi connectivity index (χ2n) is 7.37. The molecule has 0 bridgehead atoms. The molecule has 2 nitrogen and oxygen atoms in total. The largest absolute Gasteiger partial charge is 0.468 e. The molecule has 1 aliphatic rings.